The van der Waals surface area contributed by atoms with E-state index in [9.17, 15) is 4.79 Å². The second-order valence-electron chi connectivity index (χ2n) is 6.09. The Morgan fingerprint density at radius 3 is 2.76 bits per heavy atom. The minimum atomic E-state index is -0.216. The molecule has 2 rings (SSSR count). The second kappa shape index (κ2) is 7.80. The molecule has 0 bridgehead atoms. The van der Waals surface area contributed by atoms with Crippen molar-refractivity contribution in [3.8, 4) is 0 Å². The molecule has 1 heterocycles. The van der Waals surface area contributed by atoms with Crippen molar-refractivity contribution in [1.29, 1.82) is 0 Å². The molecule has 0 amide bonds. The monoisotopic (exact) mass is 312 g/mol. The van der Waals surface area contributed by atoms with Gasteiger partial charge in [-0.05, 0) is 32.9 Å². The van der Waals surface area contributed by atoms with Gasteiger partial charge >= 0.3 is 0 Å². The van der Waals surface area contributed by atoms with E-state index >= 15 is 0 Å². The summed E-state index contributed by atoms with van der Waals surface area (Å²) in [5, 5.41) is 7.75. The maximum Gasteiger partial charge on any atom is 0.287 e. The van der Waals surface area contributed by atoms with Gasteiger partial charge in [0.25, 0.3) is 5.56 Å². The Hall–Kier alpha value is -1.07. The summed E-state index contributed by atoms with van der Waals surface area (Å²) in [6, 6.07) is 0. The molecule has 1 N–H and O–H groups in total. The van der Waals surface area contributed by atoms with E-state index < -0.39 is 0 Å². The van der Waals surface area contributed by atoms with Gasteiger partial charge in [-0.3, -0.25) is 4.79 Å². The van der Waals surface area contributed by atoms with E-state index in [1.54, 1.807) is 6.20 Å². The maximum absolute atomic E-state index is 12.2. The van der Waals surface area contributed by atoms with Crippen molar-refractivity contribution in [3.05, 3.63) is 21.6 Å². The highest BCUT2D eigenvalue weighted by Gasteiger charge is 2.15. The van der Waals surface area contributed by atoms with Gasteiger partial charge in [-0.25, -0.2) is 4.68 Å². The lowest BCUT2D eigenvalue weighted by Crippen LogP contribution is -2.29. The van der Waals surface area contributed by atoms with Crippen LogP contribution in [0.1, 0.15) is 32.1 Å². The van der Waals surface area contributed by atoms with E-state index in [0.717, 1.165) is 13.1 Å². The Bertz CT molecular complexity index is 509. The van der Waals surface area contributed by atoms with Gasteiger partial charge < -0.3 is 10.2 Å². The van der Waals surface area contributed by atoms with Crippen molar-refractivity contribution in [2.45, 2.75) is 38.6 Å². The predicted octanol–water partition coefficient (Wildman–Crippen LogP) is 2.45. The van der Waals surface area contributed by atoms with Gasteiger partial charge in [0, 0.05) is 13.1 Å². The zero-order valence-corrected chi connectivity index (χ0v) is 13.7. The quantitative estimate of drug-likeness (QED) is 0.876. The molecule has 21 heavy (non-hydrogen) atoms. The molecule has 0 unspecified atom stereocenters. The summed E-state index contributed by atoms with van der Waals surface area (Å²) < 4.78 is 1.42. The topological polar surface area (TPSA) is 50.2 Å². The fraction of sp³-hybridized carbons (Fsp3) is 0.733. The van der Waals surface area contributed by atoms with E-state index in [0.29, 0.717) is 18.2 Å². The first kappa shape index (κ1) is 16.3. The van der Waals surface area contributed by atoms with Crippen molar-refractivity contribution in [3.63, 3.8) is 0 Å². The minimum absolute atomic E-state index is 0.216. The summed E-state index contributed by atoms with van der Waals surface area (Å²) in [6.07, 6.45) is 8.16. The molecule has 1 aliphatic rings. The Labute approximate surface area is 131 Å². The Morgan fingerprint density at radius 2 is 2.10 bits per heavy atom. The number of rotatable bonds is 6. The molecular weight excluding hydrogens is 288 g/mol. The van der Waals surface area contributed by atoms with E-state index in [1.165, 1.54) is 36.8 Å². The lowest BCUT2D eigenvalue weighted by Gasteiger charge is -2.22. The number of likely N-dealkylation sites (N-methyl/N-ethyl adjacent to an activating group) is 1. The molecule has 1 saturated carbocycles. The Morgan fingerprint density at radius 1 is 1.38 bits per heavy atom. The number of hydrogen-bond donors (Lipinski definition) is 1. The van der Waals surface area contributed by atoms with Crippen molar-refractivity contribution in [2.24, 2.45) is 5.92 Å². The van der Waals surface area contributed by atoms with Crippen LogP contribution in [0.4, 0.5) is 5.69 Å². The molecule has 1 fully saturated rings. The minimum Gasteiger partial charge on any atom is -0.382 e. The van der Waals surface area contributed by atoms with Crippen LogP contribution in [0, 0.1) is 5.92 Å². The van der Waals surface area contributed by atoms with Gasteiger partial charge in [0.2, 0.25) is 0 Å². The molecule has 0 aliphatic heterocycles. The largest absolute Gasteiger partial charge is 0.382 e. The first-order valence-corrected chi connectivity index (χ1v) is 8.10. The summed E-state index contributed by atoms with van der Waals surface area (Å²) in [5.41, 5.74) is 0.445. The van der Waals surface area contributed by atoms with Gasteiger partial charge in [-0.15, -0.1) is 0 Å². The summed E-state index contributed by atoms with van der Waals surface area (Å²) in [4.78, 5) is 14.2. The first-order chi connectivity index (χ1) is 10.1. The van der Waals surface area contributed by atoms with Crippen LogP contribution < -0.4 is 10.9 Å². The highest BCUT2D eigenvalue weighted by atomic mass is 35.5. The fourth-order valence-electron chi connectivity index (χ4n) is 2.69. The number of aromatic nitrogens is 2. The van der Waals surface area contributed by atoms with Crippen LogP contribution in [0.25, 0.3) is 0 Å². The average Bonchev–Trinajstić information content (AvgIpc) is 2.48. The normalized spacial score (nSPS) is 16.4. The third kappa shape index (κ3) is 4.71. The Balaban J connectivity index is 1.97. The third-order valence-corrected chi connectivity index (χ3v) is 4.42. The zero-order valence-electron chi connectivity index (χ0n) is 12.9. The van der Waals surface area contributed by atoms with Crippen LogP contribution in [0.15, 0.2) is 11.0 Å². The van der Waals surface area contributed by atoms with Crippen molar-refractivity contribution >= 4 is 17.3 Å². The molecular formula is C15H25ClN4O. The Kier molecular flexibility index (Phi) is 6.06. The molecule has 1 aromatic rings. The lowest BCUT2D eigenvalue weighted by molar-refractivity contribution is 0.367. The van der Waals surface area contributed by atoms with E-state index in [-0.39, 0.29) is 10.6 Å². The molecule has 5 nitrogen and oxygen atoms in total. The highest BCUT2D eigenvalue weighted by Crippen LogP contribution is 2.24. The molecule has 0 radical (unpaired) electrons. The summed E-state index contributed by atoms with van der Waals surface area (Å²) in [7, 11) is 3.93. The molecule has 0 atom stereocenters. The fourth-order valence-corrected chi connectivity index (χ4v) is 2.90. The third-order valence-electron chi connectivity index (χ3n) is 4.05. The number of nitrogens with zero attached hydrogens (tertiary/aromatic N) is 3. The van der Waals surface area contributed by atoms with Gasteiger partial charge in [-0.1, -0.05) is 30.9 Å². The predicted molar refractivity (Wildman–Crippen MR) is 87.1 cm³/mol. The lowest BCUT2D eigenvalue weighted by atomic mass is 9.89. The number of halogens is 1. The van der Waals surface area contributed by atoms with E-state index in [1.807, 2.05) is 19.0 Å². The first-order valence-electron chi connectivity index (χ1n) is 7.72. The second-order valence-corrected chi connectivity index (χ2v) is 6.47. The summed E-state index contributed by atoms with van der Waals surface area (Å²) in [5.74, 6) is 0.686. The van der Waals surface area contributed by atoms with Crippen molar-refractivity contribution in [1.82, 2.24) is 14.7 Å². The van der Waals surface area contributed by atoms with Crippen LogP contribution >= 0.6 is 11.6 Å². The van der Waals surface area contributed by atoms with E-state index in [2.05, 4.69) is 10.4 Å². The molecule has 0 saturated heterocycles. The molecule has 0 aromatic carbocycles. The van der Waals surface area contributed by atoms with Crippen LogP contribution in [0.5, 0.6) is 0 Å². The smallest absolute Gasteiger partial charge is 0.287 e. The molecule has 0 spiro atoms. The number of anilines is 1. The SMILES string of the molecule is CN(C)CCn1ncc(NCC2CCCCC2)c(Cl)c1=O. The maximum atomic E-state index is 12.2. The molecule has 1 aromatic heterocycles. The molecule has 118 valence electrons. The summed E-state index contributed by atoms with van der Waals surface area (Å²) >= 11 is 6.18. The van der Waals surface area contributed by atoms with Gasteiger partial charge in [0.1, 0.15) is 5.02 Å². The van der Waals surface area contributed by atoms with Gasteiger partial charge in [-0.2, -0.15) is 5.10 Å². The molecule has 1 aliphatic carbocycles. The van der Waals surface area contributed by atoms with Gasteiger partial charge in [0.05, 0.1) is 18.4 Å². The number of nitrogens with one attached hydrogen (secondary N) is 1. The zero-order chi connectivity index (χ0) is 15.2. The van der Waals surface area contributed by atoms with Crippen LogP contribution in [-0.2, 0) is 6.54 Å². The van der Waals surface area contributed by atoms with Crippen molar-refractivity contribution < 1.29 is 0 Å². The average molecular weight is 313 g/mol. The standard InChI is InChI=1S/C15H25ClN4O/c1-19(2)8-9-20-15(21)14(16)13(11-18-20)17-10-12-6-4-3-5-7-12/h11-12,17H,3-10H2,1-2H3. The van der Waals surface area contributed by atoms with Gasteiger partial charge in [0.15, 0.2) is 0 Å². The van der Waals surface area contributed by atoms with Crippen LogP contribution in [-0.4, -0.2) is 41.9 Å². The van der Waals surface area contributed by atoms with Crippen LogP contribution in [0.2, 0.25) is 5.02 Å². The molecule has 6 heteroatoms. The number of hydrogen-bond acceptors (Lipinski definition) is 4. The highest BCUT2D eigenvalue weighted by molar-refractivity contribution is 6.32. The van der Waals surface area contributed by atoms with Crippen LogP contribution in [0.3, 0.4) is 0 Å². The van der Waals surface area contributed by atoms with E-state index in [4.69, 9.17) is 11.6 Å². The summed E-state index contributed by atoms with van der Waals surface area (Å²) in [6.45, 7) is 2.19. The van der Waals surface area contributed by atoms with Crippen molar-refractivity contribution in [2.75, 3.05) is 32.5 Å².